The van der Waals surface area contributed by atoms with Crippen molar-refractivity contribution in [2.75, 3.05) is 0 Å². The lowest BCUT2D eigenvalue weighted by Crippen LogP contribution is -1.94. The number of furan rings is 1. The molecule has 0 bridgehead atoms. The van der Waals surface area contributed by atoms with Crippen molar-refractivity contribution in [1.29, 1.82) is 0 Å². The van der Waals surface area contributed by atoms with Crippen LogP contribution >= 0.6 is 0 Å². The van der Waals surface area contributed by atoms with Gasteiger partial charge in [0, 0.05) is 43.7 Å². The van der Waals surface area contributed by atoms with Crippen molar-refractivity contribution in [3.63, 3.8) is 0 Å². The summed E-state index contributed by atoms with van der Waals surface area (Å²) in [6.45, 7) is 0. The standard InChI is InChI=1S/C60H38N2O/c1-2-12-45(13-3-1)62-53-19-7-4-14-49(53)50-37-34-44(38-56(50)62)48-17-10-21-55-59(48)51-15-5-8-20-54(51)61(55)46-35-32-42(33-36-46)40-26-24-39(25-27-40)41-28-30-43(31-29-41)47-18-11-23-58-60(47)52-16-6-9-22-57(52)63-58/h1-38H. The lowest BCUT2D eigenvalue weighted by molar-refractivity contribution is 0.669. The largest absolute Gasteiger partial charge is 0.456 e. The molecule has 13 aromatic rings. The van der Waals surface area contributed by atoms with E-state index in [1.807, 2.05) is 12.1 Å². The average molecular weight is 803 g/mol. The number of hydrogen-bond donors (Lipinski definition) is 0. The fourth-order valence-electron chi connectivity index (χ4n) is 10.0. The van der Waals surface area contributed by atoms with E-state index in [2.05, 4.69) is 228 Å². The van der Waals surface area contributed by atoms with Crippen LogP contribution in [0.2, 0.25) is 0 Å². The predicted octanol–water partition coefficient (Wildman–Crippen LogP) is 16.4. The first-order valence-electron chi connectivity index (χ1n) is 21.6. The number of para-hydroxylation sites is 4. The Labute approximate surface area is 363 Å². The molecule has 3 heteroatoms. The van der Waals surface area contributed by atoms with Gasteiger partial charge in [-0.1, -0.05) is 170 Å². The van der Waals surface area contributed by atoms with Gasteiger partial charge in [0.05, 0.1) is 22.1 Å². The molecule has 3 aromatic heterocycles. The summed E-state index contributed by atoms with van der Waals surface area (Å²) in [5, 5.41) is 7.33. The Hall–Kier alpha value is -8.40. The van der Waals surface area contributed by atoms with Crippen molar-refractivity contribution in [3.05, 3.63) is 231 Å². The van der Waals surface area contributed by atoms with Crippen LogP contribution in [0.3, 0.4) is 0 Å². The van der Waals surface area contributed by atoms with Gasteiger partial charge in [0.2, 0.25) is 0 Å². The summed E-state index contributed by atoms with van der Waals surface area (Å²) < 4.78 is 11.0. The number of fused-ring (bicyclic) bond motifs is 9. The Morgan fingerprint density at radius 3 is 1.43 bits per heavy atom. The van der Waals surface area contributed by atoms with E-state index in [4.69, 9.17) is 4.42 Å². The third-order valence-corrected chi connectivity index (χ3v) is 13.0. The van der Waals surface area contributed by atoms with Crippen LogP contribution in [-0.4, -0.2) is 9.13 Å². The van der Waals surface area contributed by atoms with Gasteiger partial charge < -0.3 is 13.6 Å². The second-order valence-electron chi connectivity index (χ2n) is 16.5. The maximum atomic E-state index is 6.16. The molecule has 10 aromatic carbocycles. The fourth-order valence-corrected chi connectivity index (χ4v) is 10.0. The van der Waals surface area contributed by atoms with Gasteiger partial charge >= 0.3 is 0 Å². The number of benzene rings is 10. The van der Waals surface area contributed by atoms with Crippen molar-refractivity contribution >= 4 is 65.6 Å². The monoisotopic (exact) mass is 802 g/mol. The number of hydrogen-bond acceptors (Lipinski definition) is 1. The summed E-state index contributed by atoms with van der Waals surface area (Å²) in [5.41, 5.74) is 18.5. The molecular formula is C60H38N2O. The lowest BCUT2D eigenvalue weighted by Gasteiger charge is -2.11. The molecule has 0 fully saturated rings. The maximum Gasteiger partial charge on any atom is 0.136 e. The van der Waals surface area contributed by atoms with E-state index in [-0.39, 0.29) is 0 Å². The van der Waals surface area contributed by atoms with Crippen molar-refractivity contribution in [1.82, 2.24) is 9.13 Å². The van der Waals surface area contributed by atoms with Crippen LogP contribution in [0.15, 0.2) is 235 Å². The fraction of sp³-hybridized carbons (Fsp3) is 0. The zero-order chi connectivity index (χ0) is 41.4. The van der Waals surface area contributed by atoms with Gasteiger partial charge in [0.25, 0.3) is 0 Å². The molecule has 0 saturated heterocycles. The van der Waals surface area contributed by atoms with Crippen LogP contribution in [0, 0.1) is 0 Å². The molecule has 0 unspecified atom stereocenters. The molecular weight excluding hydrogens is 765 g/mol. The first-order chi connectivity index (χ1) is 31.2. The first-order valence-corrected chi connectivity index (χ1v) is 21.6. The van der Waals surface area contributed by atoms with Gasteiger partial charge in [-0.2, -0.15) is 0 Å². The van der Waals surface area contributed by atoms with Gasteiger partial charge in [-0.15, -0.1) is 0 Å². The number of nitrogens with zero attached hydrogens (tertiary/aromatic N) is 2. The van der Waals surface area contributed by atoms with Crippen LogP contribution in [-0.2, 0) is 0 Å². The quantitative estimate of drug-likeness (QED) is 0.164. The minimum absolute atomic E-state index is 0.916. The Kier molecular flexibility index (Phi) is 7.91. The molecule has 13 rings (SSSR count). The third-order valence-electron chi connectivity index (χ3n) is 13.0. The van der Waals surface area contributed by atoms with E-state index in [0.717, 1.165) is 33.3 Å². The zero-order valence-corrected chi connectivity index (χ0v) is 34.2. The predicted molar refractivity (Wildman–Crippen MR) is 264 cm³/mol. The Bertz CT molecular complexity index is 3870. The normalized spacial score (nSPS) is 11.8. The first kappa shape index (κ1) is 35.4. The van der Waals surface area contributed by atoms with Crippen molar-refractivity contribution in [3.8, 4) is 55.9 Å². The molecule has 0 atom stereocenters. The topological polar surface area (TPSA) is 23.0 Å². The second-order valence-corrected chi connectivity index (χ2v) is 16.5. The molecule has 63 heavy (non-hydrogen) atoms. The Balaban J connectivity index is 0.836. The SMILES string of the molecule is c1ccc(-n2c3ccccc3c3ccc(-c4cccc5c4c4ccccc4n5-c4ccc(-c5ccc(-c6ccc(-c7cccc8oc9ccccc9c78)cc6)cc5)cc4)cc32)cc1. The van der Waals surface area contributed by atoms with E-state index in [9.17, 15) is 0 Å². The van der Waals surface area contributed by atoms with Gasteiger partial charge in [-0.3, -0.25) is 0 Å². The van der Waals surface area contributed by atoms with Crippen molar-refractivity contribution < 1.29 is 4.42 Å². The Morgan fingerprint density at radius 1 is 0.254 bits per heavy atom. The molecule has 0 amide bonds. The summed E-state index contributed by atoms with van der Waals surface area (Å²) in [6.07, 6.45) is 0. The highest BCUT2D eigenvalue weighted by atomic mass is 16.3. The van der Waals surface area contributed by atoms with Gasteiger partial charge in [0.15, 0.2) is 0 Å². The summed E-state index contributed by atoms with van der Waals surface area (Å²) in [7, 11) is 0. The van der Waals surface area contributed by atoms with Crippen molar-refractivity contribution in [2.45, 2.75) is 0 Å². The van der Waals surface area contributed by atoms with Crippen LogP contribution in [0.4, 0.5) is 0 Å². The molecule has 294 valence electrons. The van der Waals surface area contributed by atoms with E-state index in [1.54, 1.807) is 0 Å². The molecule has 3 nitrogen and oxygen atoms in total. The minimum atomic E-state index is 0.916. The molecule has 0 aliphatic heterocycles. The van der Waals surface area contributed by atoms with Crippen LogP contribution in [0.5, 0.6) is 0 Å². The highest BCUT2D eigenvalue weighted by Crippen LogP contribution is 2.42. The molecule has 0 aliphatic rings. The lowest BCUT2D eigenvalue weighted by atomic mass is 9.96. The smallest absolute Gasteiger partial charge is 0.136 e. The minimum Gasteiger partial charge on any atom is -0.456 e. The third kappa shape index (κ3) is 5.60. The van der Waals surface area contributed by atoms with Crippen LogP contribution in [0.25, 0.3) is 121 Å². The van der Waals surface area contributed by atoms with Crippen LogP contribution < -0.4 is 0 Å². The number of rotatable bonds is 6. The molecule has 3 heterocycles. The van der Waals surface area contributed by atoms with Crippen molar-refractivity contribution in [2.24, 2.45) is 0 Å². The summed E-state index contributed by atoms with van der Waals surface area (Å²) in [6, 6.07) is 83.4. The molecule has 0 spiro atoms. The van der Waals surface area contributed by atoms with Crippen LogP contribution in [0.1, 0.15) is 0 Å². The van der Waals surface area contributed by atoms with E-state index >= 15 is 0 Å². The number of aromatic nitrogens is 2. The summed E-state index contributed by atoms with van der Waals surface area (Å²) in [5.74, 6) is 0. The molecule has 0 aliphatic carbocycles. The molecule has 0 radical (unpaired) electrons. The zero-order valence-electron chi connectivity index (χ0n) is 34.2. The molecule has 0 N–H and O–H groups in total. The average Bonchev–Trinajstić information content (AvgIpc) is 4.02. The Morgan fingerprint density at radius 2 is 0.714 bits per heavy atom. The van der Waals surface area contributed by atoms with E-state index in [1.165, 1.54) is 88.1 Å². The van der Waals surface area contributed by atoms with E-state index in [0.29, 0.717) is 0 Å². The highest BCUT2D eigenvalue weighted by Gasteiger charge is 2.19. The van der Waals surface area contributed by atoms with Gasteiger partial charge in [-0.05, 0) is 105 Å². The second kappa shape index (κ2) is 14.1. The molecule has 0 saturated carbocycles. The van der Waals surface area contributed by atoms with Gasteiger partial charge in [0.1, 0.15) is 11.2 Å². The summed E-state index contributed by atoms with van der Waals surface area (Å²) >= 11 is 0. The highest BCUT2D eigenvalue weighted by molar-refractivity contribution is 6.17. The van der Waals surface area contributed by atoms with E-state index < -0.39 is 0 Å². The maximum absolute atomic E-state index is 6.16. The van der Waals surface area contributed by atoms with Gasteiger partial charge in [-0.25, -0.2) is 0 Å². The summed E-state index contributed by atoms with van der Waals surface area (Å²) in [4.78, 5) is 0.